The van der Waals surface area contributed by atoms with E-state index in [4.69, 9.17) is 9.97 Å². The molecule has 3 aromatic heterocycles. The number of piperidine rings is 1. The van der Waals surface area contributed by atoms with Crippen LogP contribution in [0.1, 0.15) is 62.1 Å². The molecule has 2 fully saturated rings. The molecule has 0 radical (unpaired) electrons. The van der Waals surface area contributed by atoms with E-state index in [0.29, 0.717) is 6.04 Å². The number of likely N-dealkylation sites (tertiary alicyclic amines) is 1. The highest BCUT2D eigenvalue weighted by molar-refractivity contribution is 9.10. The van der Waals surface area contributed by atoms with E-state index in [1.807, 2.05) is 26.1 Å². The molecule has 0 spiro atoms. The van der Waals surface area contributed by atoms with E-state index >= 15 is 0 Å². The molecule has 2 aliphatic heterocycles. The normalized spacial score (nSPS) is 22.3. The number of rotatable bonds is 3. The van der Waals surface area contributed by atoms with Gasteiger partial charge in [0, 0.05) is 32.4 Å². The monoisotopic (exact) mass is 512 g/mol. The molecule has 0 aliphatic carbocycles. The fourth-order valence-electron chi connectivity index (χ4n) is 5.19. The molecule has 5 heterocycles. The van der Waals surface area contributed by atoms with Crippen LogP contribution in [-0.4, -0.2) is 64.4 Å². The quantitative estimate of drug-likeness (QED) is 0.464. The van der Waals surface area contributed by atoms with E-state index in [1.165, 1.54) is 23.5 Å². The predicted molar refractivity (Wildman–Crippen MR) is 140 cm³/mol. The van der Waals surface area contributed by atoms with Crippen molar-refractivity contribution in [2.24, 2.45) is 0 Å². The Morgan fingerprint density at radius 2 is 1.61 bits per heavy atom. The van der Waals surface area contributed by atoms with Gasteiger partial charge in [0.25, 0.3) is 0 Å². The van der Waals surface area contributed by atoms with Crippen LogP contribution in [-0.2, 0) is 0 Å². The highest BCUT2D eigenvalue weighted by Gasteiger charge is 2.34. The lowest BCUT2D eigenvalue weighted by Crippen LogP contribution is -2.45. The summed E-state index contributed by atoms with van der Waals surface area (Å²) in [7, 11) is 4.43. The SMILES string of the molecule is CC.Cc1cccnc1C1CCCC(c2nc3cccc(N4CCN(C)CC4)n3c2Br)N1C. The summed E-state index contributed by atoms with van der Waals surface area (Å²) in [6, 6.07) is 11.3. The summed E-state index contributed by atoms with van der Waals surface area (Å²) in [4.78, 5) is 17.2. The number of aromatic nitrogens is 3. The van der Waals surface area contributed by atoms with Crippen molar-refractivity contribution >= 4 is 27.4 Å². The van der Waals surface area contributed by atoms with Gasteiger partial charge in [-0.3, -0.25) is 14.3 Å². The van der Waals surface area contributed by atoms with Gasteiger partial charge in [0.1, 0.15) is 16.1 Å². The molecule has 0 N–H and O–H groups in total. The minimum atomic E-state index is 0.273. The first kappa shape index (κ1) is 24.2. The molecule has 2 aliphatic rings. The Bertz CT molecular complexity index is 1070. The topological polar surface area (TPSA) is 39.9 Å². The number of halogens is 1. The highest BCUT2D eigenvalue weighted by Crippen LogP contribution is 2.42. The molecule has 3 aromatic rings. The van der Waals surface area contributed by atoms with Crippen molar-refractivity contribution in [2.45, 2.75) is 52.1 Å². The summed E-state index contributed by atoms with van der Waals surface area (Å²) >= 11 is 3.96. The molecule has 178 valence electrons. The first-order valence-corrected chi connectivity index (χ1v) is 13.1. The first-order chi connectivity index (χ1) is 16.0. The Balaban J connectivity index is 0.00000126. The summed E-state index contributed by atoms with van der Waals surface area (Å²) in [5.74, 6) is 1.23. The van der Waals surface area contributed by atoms with Gasteiger partial charge in [-0.05, 0) is 80.0 Å². The molecular formula is C26H37BrN6. The van der Waals surface area contributed by atoms with Crippen LogP contribution in [0.5, 0.6) is 0 Å². The zero-order valence-electron chi connectivity index (χ0n) is 20.6. The summed E-state index contributed by atoms with van der Waals surface area (Å²) in [6.07, 6.45) is 5.36. The van der Waals surface area contributed by atoms with Crippen molar-refractivity contribution < 1.29 is 0 Å². The molecule has 33 heavy (non-hydrogen) atoms. The third-order valence-corrected chi connectivity index (χ3v) is 7.80. The van der Waals surface area contributed by atoms with Crippen molar-refractivity contribution in [2.75, 3.05) is 45.2 Å². The summed E-state index contributed by atoms with van der Waals surface area (Å²) < 4.78 is 3.39. The second-order valence-corrected chi connectivity index (χ2v) is 9.74. The second-order valence-electron chi connectivity index (χ2n) is 8.99. The molecule has 5 rings (SSSR count). The number of fused-ring (bicyclic) bond motifs is 1. The zero-order chi connectivity index (χ0) is 23.5. The summed E-state index contributed by atoms with van der Waals surface area (Å²) in [5.41, 5.74) is 4.63. The average molecular weight is 514 g/mol. The van der Waals surface area contributed by atoms with Gasteiger partial charge >= 0.3 is 0 Å². The number of nitrogens with zero attached hydrogens (tertiary/aromatic N) is 6. The number of hydrogen-bond acceptors (Lipinski definition) is 5. The maximum absolute atomic E-state index is 5.12. The highest BCUT2D eigenvalue weighted by atomic mass is 79.9. The van der Waals surface area contributed by atoms with Gasteiger partial charge in [0.05, 0.1) is 23.5 Å². The zero-order valence-corrected chi connectivity index (χ0v) is 22.2. The Labute approximate surface area is 206 Å². The van der Waals surface area contributed by atoms with Gasteiger partial charge in [0.2, 0.25) is 0 Å². The van der Waals surface area contributed by atoms with Crippen LogP contribution in [0.4, 0.5) is 5.82 Å². The molecule has 0 aromatic carbocycles. The number of imidazole rings is 1. The van der Waals surface area contributed by atoms with Gasteiger partial charge in [-0.2, -0.15) is 0 Å². The third kappa shape index (κ3) is 4.68. The predicted octanol–water partition coefficient (Wildman–Crippen LogP) is 5.48. The van der Waals surface area contributed by atoms with Crippen LogP contribution in [0, 0.1) is 6.92 Å². The Morgan fingerprint density at radius 1 is 0.909 bits per heavy atom. The molecule has 0 saturated carbocycles. The van der Waals surface area contributed by atoms with Crippen LogP contribution in [0.15, 0.2) is 41.1 Å². The molecular weight excluding hydrogens is 476 g/mol. The largest absolute Gasteiger partial charge is 0.355 e. The number of hydrogen-bond donors (Lipinski definition) is 0. The maximum Gasteiger partial charge on any atom is 0.139 e. The minimum absolute atomic E-state index is 0.273. The lowest BCUT2D eigenvalue weighted by molar-refractivity contribution is 0.109. The van der Waals surface area contributed by atoms with Crippen LogP contribution in [0.2, 0.25) is 0 Å². The van der Waals surface area contributed by atoms with Gasteiger partial charge in [-0.25, -0.2) is 4.98 Å². The van der Waals surface area contributed by atoms with E-state index in [-0.39, 0.29) is 6.04 Å². The molecule has 2 unspecified atom stereocenters. The Hall–Kier alpha value is -1.96. The fraction of sp³-hybridized carbons (Fsp3) is 0.538. The number of anilines is 1. The lowest BCUT2D eigenvalue weighted by atomic mass is 9.91. The summed E-state index contributed by atoms with van der Waals surface area (Å²) in [5, 5.41) is 0. The van der Waals surface area contributed by atoms with E-state index in [2.05, 4.69) is 80.3 Å². The molecule has 6 nitrogen and oxygen atoms in total. The Morgan fingerprint density at radius 3 is 2.30 bits per heavy atom. The summed E-state index contributed by atoms with van der Waals surface area (Å²) in [6.45, 7) is 10.4. The van der Waals surface area contributed by atoms with Crippen LogP contribution < -0.4 is 4.90 Å². The molecule has 7 heteroatoms. The number of piperazine rings is 1. The average Bonchev–Trinajstić information content (AvgIpc) is 3.18. The number of likely N-dealkylation sites (N-methyl/N-ethyl adjacent to an activating group) is 1. The maximum atomic E-state index is 5.12. The standard InChI is InChI=1S/C24H31BrN6.C2H6/c1-17-7-6-12-26-22(17)18-8-4-9-19(29(18)3)23-24(25)31-20(27-23)10-5-11-21(31)30-15-13-28(2)14-16-30;1-2/h5-7,10-12,18-19H,4,8-9,13-16H2,1-3H3;1-2H3. The van der Waals surface area contributed by atoms with Crippen molar-refractivity contribution in [1.29, 1.82) is 0 Å². The van der Waals surface area contributed by atoms with Crippen molar-refractivity contribution in [1.82, 2.24) is 24.2 Å². The van der Waals surface area contributed by atoms with Crippen LogP contribution in [0.3, 0.4) is 0 Å². The third-order valence-electron chi connectivity index (χ3n) is 7.04. The minimum Gasteiger partial charge on any atom is -0.355 e. The fourth-order valence-corrected chi connectivity index (χ4v) is 5.90. The van der Waals surface area contributed by atoms with Gasteiger partial charge in [0.15, 0.2) is 0 Å². The van der Waals surface area contributed by atoms with E-state index in [1.54, 1.807) is 0 Å². The first-order valence-electron chi connectivity index (χ1n) is 12.3. The van der Waals surface area contributed by atoms with Crippen molar-refractivity contribution in [3.05, 3.63) is 58.1 Å². The molecule has 0 amide bonds. The van der Waals surface area contributed by atoms with Crippen LogP contribution >= 0.6 is 15.9 Å². The van der Waals surface area contributed by atoms with Crippen molar-refractivity contribution in [3.8, 4) is 0 Å². The number of aryl methyl sites for hydroxylation is 1. The van der Waals surface area contributed by atoms with E-state index in [9.17, 15) is 0 Å². The Kier molecular flexibility index (Phi) is 7.72. The lowest BCUT2D eigenvalue weighted by Gasteiger charge is -2.39. The molecule has 0 bridgehead atoms. The van der Waals surface area contributed by atoms with Gasteiger partial charge in [-0.15, -0.1) is 0 Å². The van der Waals surface area contributed by atoms with Gasteiger partial charge in [-0.1, -0.05) is 26.0 Å². The van der Waals surface area contributed by atoms with E-state index < -0.39 is 0 Å². The molecule has 2 saturated heterocycles. The van der Waals surface area contributed by atoms with Gasteiger partial charge < -0.3 is 9.80 Å². The van der Waals surface area contributed by atoms with Crippen LogP contribution in [0.25, 0.3) is 5.65 Å². The van der Waals surface area contributed by atoms with E-state index in [0.717, 1.165) is 55.0 Å². The molecule has 2 atom stereocenters. The second kappa shape index (κ2) is 10.5. The van der Waals surface area contributed by atoms with Crippen molar-refractivity contribution in [3.63, 3.8) is 0 Å². The smallest absolute Gasteiger partial charge is 0.139 e. The number of pyridine rings is 2.